The Morgan fingerprint density at radius 3 is 2.48 bits per heavy atom. The van der Waals surface area contributed by atoms with Crippen molar-refractivity contribution in [2.75, 3.05) is 18.5 Å². The maximum atomic E-state index is 13.4. The maximum Gasteiger partial charge on any atom is 0.387 e. The molecule has 1 fully saturated rings. The molecule has 1 heterocycles. The van der Waals surface area contributed by atoms with E-state index in [2.05, 4.69) is 10.1 Å². The van der Waals surface area contributed by atoms with Gasteiger partial charge in [-0.15, -0.1) is 0 Å². The van der Waals surface area contributed by atoms with Crippen molar-refractivity contribution in [3.63, 3.8) is 0 Å². The van der Waals surface area contributed by atoms with Crippen LogP contribution in [0.3, 0.4) is 0 Å². The molecule has 1 saturated heterocycles. The fraction of sp³-hybridized carbons (Fsp3) is 0.350. The number of carbonyl (C=O) groups excluding carboxylic acids is 1. The lowest BCUT2D eigenvalue weighted by Crippen LogP contribution is -2.56. The highest BCUT2D eigenvalue weighted by Gasteiger charge is 2.49. The second-order valence-electron chi connectivity index (χ2n) is 6.79. The second kappa shape index (κ2) is 7.60. The van der Waals surface area contributed by atoms with E-state index in [9.17, 15) is 18.0 Å². The molecular formula is C20H20F3NO3. The number of halogens is 3. The SMILES string of the molecule is CC(C)c1ccccc1C1(C(=O)Nc2ccc(F)cc2OC(F)F)COC1. The Balaban J connectivity index is 1.94. The molecule has 1 amide bonds. The van der Waals surface area contributed by atoms with Gasteiger partial charge in [0.2, 0.25) is 5.91 Å². The van der Waals surface area contributed by atoms with Crippen molar-refractivity contribution in [1.29, 1.82) is 0 Å². The summed E-state index contributed by atoms with van der Waals surface area (Å²) in [6.45, 7) is 1.27. The molecule has 2 aromatic rings. The van der Waals surface area contributed by atoms with Gasteiger partial charge in [0.25, 0.3) is 0 Å². The van der Waals surface area contributed by atoms with E-state index in [-0.39, 0.29) is 24.8 Å². The fourth-order valence-electron chi connectivity index (χ4n) is 3.19. The van der Waals surface area contributed by atoms with E-state index in [1.807, 2.05) is 38.1 Å². The van der Waals surface area contributed by atoms with Gasteiger partial charge in [-0.25, -0.2) is 4.39 Å². The highest BCUT2D eigenvalue weighted by molar-refractivity contribution is 6.01. The summed E-state index contributed by atoms with van der Waals surface area (Å²) in [6, 6.07) is 10.7. The van der Waals surface area contributed by atoms with Crippen LogP contribution in [0, 0.1) is 5.82 Å². The number of amides is 1. The number of anilines is 1. The number of ether oxygens (including phenoxy) is 2. The van der Waals surface area contributed by atoms with Crippen molar-refractivity contribution in [2.45, 2.75) is 31.8 Å². The molecule has 0 aliphatic carbocycles. The highest BCUT2D eigenvalue weighted by Crippen LogP contribution is 2.39. The van der Waals surface area contributed by atoms with Gasteiger partial charge in [0.15, 0.2) is 5.75 Å². The summed E-state index contributed by atoms with van der Waals surface area (Å²) in [4.78, 5) is 13.1. The van der Waals surface area contributed by atoms with Gasteiger partial charge in [-0.3, -0.25) is 4.79 Å². The molecule has 0 radical (unpaired) electrons. The summed E-state index contributed by atoms with van der Waals surface area (Å²) in [5.74, 6) is -1.39. The summed E-state index contributed by atoms with van der Waals surface area (Å²) in [5.41, 5.74) is 0.897. The predicted molar refractivity (Wildman–Crippen MR) is 94.7 cm³/mol. The Kier molecular flexibility index (Phi) is 5.41. The molecule has 4 nitrogen and oxygen atoms in total. The Hall–Kier alpha value is -2.54. The zero-order valence-electron chi connectivity index (χ0n) is 15.0. The van der Waals surface area contributed by atoms with Crippen LogP contribution in [-0.4, -0.2) is 25.7 Å². The molecule has 0 bridgehead atoms. The number of nitrogens with one attached hydrogen (secondary N) is 1. The third kappa shape index (κ3) is 3.78. The van der Waals surface area contributed by atoms with Crippen LogP contribution in [-0.2, 0) is 14.9 Å². The topological polar surface area (TPSA) is 47.6 Å². The second-order valence-corrected chi connectivity index (χ2v) is 6.79. The van der Waals surface area contributed by atoms with Crippen molar-refractivity contribution < 1.29 is 27.4 Å². The molecule has 1 aliphatic heterocycles. The molecule has 0 spiro atoms. The third-order valence-corrected chi connectivity index (χ3v) is 4.64. The maximum absolute atomic E-state index is 13.4. The number of alkyl halides is 2. The Labute approximate surface area is 155 Å². The monoisotopic (exact) mass is 379 g/mol. The molecule has 0 aromatic heterocycles. The molecular weight excluding hydrogens is 359 g/mol. The van der Waals surface area contributed by atoms with E-state index in [0.29, 0.717) is 0 Å². The van der Waals surface area contributed by atoms with E-state index in [4.69, 9.17) is 4.74 Å². The highest BCUT2D eigenvalue weighted by atomic mass is 19.3. The van der Waals surface area contributed by atoms with Crippen LogP contribution in [0.1, 0.15) is 30.9 Å². The molecule has 3 rings (SSSR count). The van der Waals surface area contributed by atoms with Crippen molar-refractivity contribution in [3.05, 3.63) is 59.4 Å². The van der Waals surface area contributed by atoms with Crippen LogP contribution in [0.15, 0.2) is 42.5 Å². The number of hydrogen-bond donors (Lipinski definition) is 1. The first-order valence-corrected chi connectivity index (χ1v) is 8.56. The first kappa shape index (κ1) is 19.2. The number of benzene rings is 2. The lowest BCUT2D eigenvalue weighted by Gasteiger charge is -2.41. The quantitative estimate of drug-likeness (QED) is 0.806. The predicted octanol–water partition coefficient (Wildman–Crippen LogP) is 4.46. The van der Waals surface area contributed by atoms with Gasteiger partial charge >= 0.3 is 6.61 Å². The molecule has 0 atom stereocenters. The Morgan fingerprint density at radius 2 is 1.89 bits per heavy atom. The molecule has 1 N–H and O–H groups in total. The number of rotatable bonds is 6. The van der Waals surface area contributed by atoms with E-state index in [0.717, 1.165) is 23.3 Å². The Morgan fingerprint density at radius 1 is 1.19 bits per heavy atom. The zero-order chi connectivity index (χ0) is 19.6. The molecule has 7 heteroatoms. The van der Waals surface area contributed by atoms with E-state index in [1.165, 1.54) is 6.07 Å². The first-order valence-electron chi connectivity index (χ1n) is 8.56. The molecule has 0 unspecified atom stereocenters. The molecule has 1 aliphatic rings. The van der Waals surface area contributed by atoms with Gasteiger partial charge in [0.05, 0.1) is 18.9 Å². The van der Waals surface area contributed by atoms with Crippen molar-refractivity contribution in [2.24, 2.45) is 0 Å². The van der Waals surface area contributed by atoms with Crippen molar-refractivity contribution in [1.82, 2.24) is 0 Å². The first-order chi connectivity index (χ1) is 12.8. The summed E-state index contributed by atoms with van der Waals surface area (Å²) < 4.78 is 48.3. The van der Waals surface area contributed by atoms with Gasteiger partial charge < -0.3 is 14.8 Å². The van der Waals surface area contributed by atoms with Crippen LogP contribution in [0.2, 0.25) is 0 Å². The minimum atomic E-state index is -3.13. The summed E-state index contributed by atoms with van der Waals surface area (Å²) in [6.07, 6.45) is 0. The minimum Gasteiger partial charge on any atom is -0.432 e. The van der Waals surface area contributed by atoms with Gasteiger partial charge in [-0.1, -0.05) is 38.1 Å². The van der Waals surface area contributed by atoms with Crippen LogP contribution >= 0.6 is 0 Å². The molecule has 27 heavy (non-hydrogen) atoms. The lowest BCUT2D eigenvalue weighted by atomic mass is 9.73. The summed E-state index contributed by atoms with van der Waals surface area (Å²) in [5, 5.41) is 2.61. The number of carbonyl (C=O) groups is 1. The fourth-order valence-corrected chi connectivity index (χ4v) is 3.19. The van der Waals surface area contributed by atoms with Crippen molar-refractivity contribution >= 4 is 11.6 Å². The van der Waals surface area contributed by atoms with Crippen molar-refractivity contribution in [3.8, 4) is 5.75 Å². The van der Waals surface area contributed by atoms with Gasteiger partial charge in [0, 0.05) is 6.07 Å². The minimum absolute atomic E-state index is 0.0185. The van der Waals surface area contributed by atoms with Crippen LogP contribution < -0.4 is 10.1 Å². The van der Waals surface area contributed by atoms with Gasteiger partial charge in [-0.05, 0) is 29.2 Å². The molecule has 144 valence electrons. The van der Waals surface area contributed by atoms with E-state index in [1.54, 1.807) is 0 Å². The normalized spacial score (nSPS) is 15.5. The summed E-state index contributed by atoms with van der Waals surface area (Å²) >= 11 is 0. The van der Waals surface area contributed by atoms with Crippen LogP contribution in [0.5, 0.6) is 5.75 Å². The lowest BCUT2D eigenvalue weighted by molar-refractivity contribution is -0.139. The van der Waals surface area contributed by atoms with Crippen LogP contribution in [0.25, 0.3) is 0 Å². The van der Waals surface area contributed by atoms with E-state index >= 15 is 0 Å². The number of hydrogen-bond acceptors (Lipinski definition) is 3. The van der Waals surface area contributed by atoms with E-state index < -0.39 is 29.5 Å². The smallest absolute Gasteiger partial charge is 0.387 e. The summed E-state index contributed by atoms with van der Waals surface area (Å²) in [7, 11) is 0. The third-order valence-electron chi connectivity index (χ3n) is 4.64. The zero-order valence-corrected chi connectivity index (χ0v) is 15.0. The van der Waals surface area contributed by atoms with Gasteiger partial charge in [-0.2, -0.15) is 8.78 Å². The average Bonchev–Trinajstić information content (AvgIpc) is 2.56. The van der Waals surface area contributed by atoms with Crippen LogP contribution in [0.4, 0.5) is 18.9 Å². The Bertz CT molecular complexity index is 835. The average molecular weight is 379 g/mol. The van der Waals surface area contributed by atoms with Gasteiger partial charge in [0.1, 0.15) is 11.2 Å². The molecule has 0 saturated carbocycles. The largest absolute Gasteiger partial charge is 0.432 e. The standard InChI is InChI=1S/C20H20F3NO3/c1-12(2)14-5-3-4-6-15(14)20(10-26-11-20)18(25)24-16-8-7-13(21)9-17(16)27-19(22)23/h3-9,12,19H,10-11H2,1-2H3,(H,24,25). The molecule has 2 aromatic carbocycles.